The zero-order valence-electron chi connectivity index (χ0n) is 14.8. The van der Waals surface area contributed by atoms with Gasteiger partial charge in [0.05, 0.1) is 13.7 Å². The molecule has 0 saturated heterocycles. The number of amides is 1. The minimum atomic E-state index is -0.424. The molecule has 2 rings (SSSR count). The first-order valence-corrected chi connectivity index (χ1v) is 8.56. The molecule has 0 bridgehead atoms. The van der Waals surface area contributed by atoms with Crippen molar-refractivity contribution in [1.82, 2.24) is 5.32 Å². The summed E-state index contributed by atoms with van der Waals surface area (Å²) < 4.78 is 36.7. The molecule has 0 aliphatic carbocycles. The number of halogens is 2. The molecule has 0 atom stereocenters. The van der Waals surface area contributed by atoms with E-state index in [1.165, 1.54) is 25.3 Å². The third-order valence-corrected chi connectivity index (χ3v) is 3.83. The summed E-state index contributed by atoms with van der Waals surface area (Å²) in [6, 6.07) is 10.6. The van der Waals surface area contributed by atoms with Gasteiger partial charge < -0.3 is 14.8 Å². The Kier molecular flexibility index (Phi) is 7.86. The highest BCUT2D eigenvalue weighted by Gasteiger charge is 2.06. The summed E-state index contributed by atoms with van der Waals surface area (Å²) in [5.74, 6) is 0.0351. The van der Waals surface area contributed by atoms with Gasteiger partial charge in [-0.2, -0.15) is 0 Å². The molecular weight excluding hydrogens is 340 g/mol. The van der Waals surface area contributed by atoms with Gasteiger partial charge in [0.15, 0.2) is 11.6 Å². The third kappa shape index (κ3) is 6.70. The quantitative estimate of drug-likeness (QED) is 0.652. The third-order valence-electron chi connectivity index (χ3n) is 3.83. The lowest BCUT2D eigenvalue weighted by Crippen LogP contribution is -2.24. The van der Waals surface area contributed by atoms with Gasteiger partial charge in [0, 0.05) is 13.0 Å². The molecule has 2 aromatic rings. The van der Waals surface area contributed by atoms with Crippen molar-refractivity contribution in [2.24, 2.45) is 0 Å². The van der Waals surface area contributed by atoms with Crippen molar-refractivity contribution >= 4 is 5.91 Å². The van der Waals surface area contributed by atoms with E-state index in [9.17, 15) is 13.6 Å². The molecule has 26 heavy (non-hydrogen) atoms. The Bertz CT molecular complexity index is 705. The van der Waals surface area contributed by atoms with E-state index >= 15 is 0 Å². The van der Waals surface area contributed by atoms with Crippen LogP contribution in [0.25, 0.3) is 0 Å². The number of nitrogens with one attached hydrogen (secondary N) is 1. The zero-order chi connectivity index (χ0) is 18.8. The maximum absolute atomic E-state index is 13.6. The molecule has 1 amide bonds. The molecule has 0 heterocycles. The number of methoxy groups -OCH3 is 1. The summed E-state index contributed by atoms with van der Waals surface area (Å²) in [7, 11) is 1.41. The predicted molar refractivity (Wildman–Crippen MR) is 95.4 cm³/mol. The van der Waals surface area contributed by atoms with Crippen molar-refractivity contribution in [2.75, 3.05) is 20.3 Å². The fourth-order valence-corrected chi connectivity index (χ4v) is 2.39. The van der Waals surface area contributed by atoms with Crippen LogP contribution in [0.3, 0.4) is 0 Å². The lowest BCUT2D eigenvalue weighted by Gasteiger charge is -2.08. The second-order valence-corrected chi connectivity index (χ2v) is 5.83. The summed E-state index contributed by atoms with van der Waals surface area (Å²) in [4.78, 5) is 11.8. The molecule has 1 N–H and O–H groups in total. The first-order chi connectivity index (χ1) is 12.6. The number of benzene rings is 2. The Morgan fingerprint density at radius 1 is 1.08 bits per heavy atom. The maximum atomic E-state index is 13.6. The van der Waals surface area contributed by atoms with Gasteiger partial charge in [-0.05, 0) is 61.2 Å². The highest BCUT2D eigenvalue weighted by molar-refractivity contribution is 5.76. The second-order valence-electron chi connectivity index (χ2n) is 5.83. The van der Waals surface area contributed by atoms with Gasteiger partial charge >= 0.3 is 0 Å². The first kappa shape index (κ1) is 19.7. The molecule has 0 aromatic heterocycles. The Hall–Kier alpha value is -2.63. The zero-order valence-corrected chi connectivity index (χ0v) is 14.8. The molecule has 0 spiro atoms. The Balaban J connectivity index is 1.56. The number of carbonyl (C=O) groups excluding carboxylic acids is 1. The van der Waals surface area contributed by atoms with Crippen molar-refractivity contribution < 1.29 is 23.0 Å². The lowest BCUT2D eigenvalue weighted by molar-refractivity contribution is -0.121. The smallest absolute Gasteiger partial charge is 0.220 e. The van der Waals surface area contributed by atoms with E-state index < -0.39 is 5.82 Å². The van der Waals surface area contributed by atoms with E-state index in [1.54, 1.807) is 24.3 Å². The molecule has 0 radical (unpaired) electrons. The number of ether oxygens (including phenoxy) is 2. The standard InChI is InChI=1S/C20H23F2NO3/c1-25-19-10-4-15(14-18(19)22)5-11-20(24)23-12-2-3-13-26-17-8-6-16(21)7-9-17/h4,6-10,14H,2-3,5,11-13H2,1H3,(H,23,24). The topological polar surface area (TPSA) is 47.6 Å². The van der Waals surface area contributed by atoms with Crippen LogP contribution in [0, 0.1) is 11.6 Å². The van der Waals surface area contributed by atoms with Crippen molar-refractivity contribution in [2.45, 2.75) is 25.7 Å². The fourth-order valence-electron chi connectivity index (χ4n) is 2.39. The van der Waals surface area contributed by atoms with E-state index in [0.717, 1.165) is 18.4 Å². The van der Waals surface area contributed by atoms with Crippen molar-refractivity contribution in [1.29, 1.82) is 0 Å². The minimum Gasteiger partial charge on any atom is -0.494 e. The Morgan fingerprint density at radius 2 is 1.85 bits per heavy atom. The van der Waals surface area contributed by atoms with Gasteiger partial charge in [-0.25, -0.2) is 8.78 Å². The summed E-state index contributed by atoms with van der Waals surface area (Å²) in [5, 5.41) is 2.83. The van der Waals surface area contributed by atoms with Crippen LogP contribution in [0.2, 0.25) is 0 Å². The largest absolute Gasteiger partial charge is 0.494 e. The number of aryl methyl sites for hydroxylation is 1. The van der Waals surface area contributed by atoms with Crippen LogP contribution in [0.1, 0.15) is 24.8 Å². The minimum absolute atomic E-state index is 0.0688. The van der Waals surface area contributed by atoms with Crippen molar-refractivity contribution in [3.63, 3.8) is 0 Å². The first-order valence-electron chi connectivity index (χ1n) is 8.56. The molecule has 0 fully saturated rings. The van der Waals surface area contributed by atoms with Crippen LogP contribution in [-0.2, 0) is 11.2 Å². The molecule has 6 heteroatoms. The summed E-state index contributed by atoms with van der Waals surface area (Å²) in [6.45, 7) is 1.06. The fraction of sp³-hybridized carbons (Fsp3) is 0.350. The van der Waals surface area contributed by atoms with Gasteiger partial charge in [-0.3, -0.25) is 4.79 Å². The molecule has 4 nitrogen and oxygen atoms in total. The van der Waals surface area contributed by atoms with Gasteiger partial charge in [0.25, 0.3) is 0 Å². The van der Waals surface area contributed by atoms with E-state index in [0.29, 0.717) is 31.7 Å². The normalized spacial score (nSPS) is 10.4. The molecule has 140 valence electrons. The van der Waals surface area contributed by atoms with Crippen LogP contribution < -0.4 is 14.8 Å². The number of carbonyl (C=O) groups is 1. The van der Waals surface area contributed by atoms with Gasteiger partial charge in [-0.1, -0.05) is 6.07 Å². The van der Waals surface area contributed by atoms with Crippen LogP contribution in [0.5, 0.6) is 11.5 Å². The number of rotatable bonds is 10. The van der Waals surface area contributed by atoms with Crippen molar-refractivity contribution in [3.8, 4) is 11.5 Å². The predicted octanol–water partition coefficient (Wildman–Crippen LogP) is 3.88. The van der Waals surface area contributed by atoms with Crippen LogP contribution in [0.15, 0.2) is 42.5 Å². The van der Waals surface area contributed by atoms with E-state index in [2.05, 4.69) is 5.32 Å². The molecular formula is C20H23F2NO3. The monoisotopic (exact) mass is 363 g/mol. The molecule has 0 saturated carbocycles. The van der Waals surface area contributed by atoms with Gasteiger partial charge in [0.2, 0.25) is 5.91 Å². The van der Waals surface area contributed by atoms with Crippen LogP contribution in [-0.4, -0.2) is 26.2 Å². The van der Waals surface area contributed by atoms with Crippen LogP contribution >= 0.6 is 0 Å². The molecule has 0 aliphatic heterocycles. The van der Waals surface area contributed by atoms with Crippen LogP contribution in [0.4, 0.5) is 8.78 Å². The Morgan fingerprint density at radius 3 is 2.54 bits per heavy atom. The van der Waals surface area contributed by atoms with E-state index in [-0.39, 0.29) is 17.5 Å². The van der Waals surface area contributed by atoms with E-state index in [1.807, 2.05) is 0 Å². The molecule has 0 aliphatic rings. The highest BCUT2D eigenvalue weighted by Crippen LogP contribution is 2.18. The highest BCUT2D eigenvalue weighted by atomic mass is 19.1. The van der Waals surface area contributed by atoms with E-state index in [4.69, 9.17) is 9.47 Å². The number of hydrogen-bond donors (Lipinski definition) is 1. The molecule has 0 unspecified atom stereocenters. The average molecular weight is 363 g/mol. The second kappa shape index (κ2) is 10.4. The summed E-state index contributed by atoms with van der Waals surface area (Å²) in [6.07, 6.45) is 2.34. The van der Waals surface area contributed by atoms with Gasteiger partial charge in [-0.15, -0.1) is 0 Å². The summed E-state index contributed by atoms with van der Waals surface area (Å²) in [5.41, 5.74) is 0.756. The number of hydrogen-bond acceptors (Lipinski definition) is 3. The SMILES string of the molecule is COc1ccc(CCC(=O)NCCCCOc2ccc(F)cc2)cc1F. The molecule has 2 aromatic carbocycles. The Labute approximate surface area is 152 Å². The summed E-state index contributed by atoms with van der Waals surface area (Å²) >= 11 is 0. The number of unbranched alkanes of at least 4 members (excludes halogenated alkanes) is 1. The van der Waals surface area contributed by atoms with Gasteiger partial charge in [0.1, 0.15) is 11.6 Å². The van der Waals surface area contributed by atoms with Crippen molar-refractivity contribution in [3.05, 3.63) is 59.7 Å². The average Bonchev–Trinajstić information content (AvgIpc) is 2.64. The maximum Gasteiger partial charge on any atom is 0.220 e. The lowest BCUT2D eigenvalue weighted by atomic mass is 10.1.